The number of hydrogen-bond acceptors (Lipinski definition) is 4. The molecular weight excluding hydrogens is 416 g/mol. The van der Waals surface area contributed by atoms with Crippen molar-refractivity contribution in [2.45, 2.75) is 37.8 Å². The van der Waals surface area contributed by atoms with Gasteiger partial charge in [0.2, 0.25) is 5.43 Å². The minimum absolute atomic E-state index is 0.213. The quantitative estimate of drug-likeness (QED) is 0.680. The van der Waals surface area contributed by atoms with E-state index in [2.05, 4.69) is 5.10 Å². The van der Waals surface area contributed by atoms with Gasteiger partial charge in [-0.05, 0) is 48.6 Å². The Bertz CT molecular complexity index is 1290. The number of hydrogen-bond donors (Lipinski definition) is 1. The Kier molecular flexibility index (Phi) is 4.80. The second-order valence-corrected chi connectivity index (χ2v) is 8.36. The van der Waals surface area contributed by atoms with Crippen LogP contribution in [0.2, 0.25) is 0 Å². The third-order valence-corrected chi connectivity index (χ3v) is 6.53. The van der Waals surface area contributed by atoms with E-state index in [1.165, 1.54) is 16.8 Å². The van der Waals surface area contributed by atoms with Crippen molar-refractivity contribution in [1.29, 1.82) is 0 Å². The van der Waals surface area contributed by atoms with Crippen LogP contribution >= 0.6 is 0 Å². The highest BCUT2D eigenvalue weighted by atomic mass is 19.1. The van der Waals surface area contributed by atoms with Gasteiger partial charge in [0.1, 0.15) is 11.6 Å². The molecule has 1 N–H and O–H groups in total. The smallest absolute Gasteiger partial charge is 0.276 e. The van der Waals surface area contributed by atoms with Crippen LogP contribution < -0.4 is 5.43 Å². The third-order valence-electron chi connectivity index (χ3n) is 6.53. The second kappa shape index (κ2) is 7.55. The van der Waals surface area contributed by atoms with E-state index in [-0.39, 0.29) is 11.7 Å². The first-order chi connectivity index (χ1) is 15.4. The predicted molar refractivity (Wildman–Crippen MR) is 113 cm³/mol. The van der Waals surface area contributed by atoms with Crippen LogP contribution in [0.5, 0.6) is 5.75 Å². The summed E-state index contributed by atoms with van der Waals surface area (Å²) in [4.78, 5) is 26.8. The summed E-state index contributed by atoms with van der Waals surface area (Å²) >= 11 is 0. The van der Waals surface area contributed by atoms with Crippen LogP contribution in [-0.2, 0) is 0 Å². The monoisotopic (exact) mass is 437 g/mol. The Balaban J connectivity index is 1.82. The van der Waals surface area contributed by atoms with E-state index in [0.717, 1.165) is 12.6 Å². The van der Waals surface area contributed by atoms with Crippen LogP contribution in [0, 0.1) is 18.6 Å². The summed E-state index contributed by atoms with van der Waals surface area (Å²) in [7, 11) is 0. The lowest BCUT2D eigenvalue weighted by Gasteiger charge is -2.42. The number of amides is 1. The highest BCUT2D eigenvalue weighted by Crippen LogP contribution is 2.46. The Morgan fingerprint density at radius 1 is 1.16 bits per heavy atom. The fourth-order valence-electron chi connectivity index (χ4n) is 5.12. The lowest BCUT2D eigenvalue weighted by atomic mass is 9.79. The van der Waals surface area contributed by atoms with Gasteiger partial charge in [0.15, 0.2) is 11.4 Å². The first kappa shape index (κ1) is 20.4. The standard InChI is InChI=1S/C24H21F2N3O3/c1-13-5-2-8-16(20(13)26)19(14-6-3-7-15(25)11-14)21-17-9-4-10-28(17)24(32)22-23(31)18(30)12-27-29(21)22/h2-3,5-8,11-12,17,19,21,31H,4,9-10H2,1H3/t17-,19-,21-/m1/s1. The molecule has 0 aliphatic carbocycles. The largest absolute Gasteiger partial charge is 0.502 e. The van der Waals surface area contributed by atoms with Crippen molar-refractivity contribution in [3.63, 3.8) is 0 Å². The van der Waals surface area contributed by atoms with E-state index in [0.29, 0.717) is 29.7 Å². The van der Waals surface area contributed by atoms with Crippen molar-refractivity contribution in [2.75, 3.05) is 6.54 Å². The average Bonchev–Trinajstić information content (AvgIpc) is 3.26. The zero-order chi connectivity index (χ0) is 22.6. The van der Waals surface area contributed by atoms with E-state index in [1.807, 2.05) is 0 Å². The number of fused-ring (bicyclic) bond motifs is 2. The van der Waals surface area contributed by atoms with Crippen LogP contribution in [0.25, 0.3) is 0 Å². The first-order valence-corrected chi connectivity index (χ1v) is 10.5. The van der Waals surface area contributed by atoms with E-state index >= 15 is 4.39 Å². The number of benzene rings is 2. The highest BCUT2D eigenvalue weighted by molar-refractivity contribution is 5.96. The SMILES string of the molecule is Cc1cccc([C@@H](c2cccc(F)c2)[C@H]2[C@H]3CCCN3C(=O)c3c(O)c(=O)cnn32)c1F. The maximum absolute atomic E-state index is 15.4. The minimum atomic E-state index is -0.759. The number of aromatic nitrogens is 2. The first-order valence-electron chi connectivity index (χ1n) is 10.5. The van der Waals surface area contributed by atoms with Gasteiger partial charge in [-0.3, -0.25) is 14.3 Å². The zero-order valence-electron chi connectivity index (χ0n) is 17.3. The topological polar surface area (TPSA) is 75.4 Å². The van der Waals surface area contributed by atoms with Gasteiger partial charge in [-0.25, -0.2) is 8.78 Å². The Morgan fingerprint density at radius 2 is 1.94 bits per heavy atom. The number of carbonyl (C=O) groups excluding carboxylic acids is 1. The maximum atomic E-state index is 15.4. The molecule has 0 radical (unpaired) electrons. The summed E-state index contributed by atoms with van der Waals surface area (Å²) in [5.41, 5.74) is 0.328. The van der Waals surface area contributed by atoms with Gasteiger partial charge in [-0.15, -0.1) is 0 Å². The summed E-state index contributed by atoms with van der Waals surface area (Å²) < 4.78 is 31.0. The summed E-state index contributed by atoms with van der Waals surface area (Å²) in [5, 5.41) is 14.7. The molecule has 32 heavy (non-hydrogen) atoms. The fourth-order valence-corrected chi connectivity index (χ4v) is 5.12. The number of nitrogens with zero attached hydrogens (tertiary/aromatic N) is 3. The molecule has 3 heterocycles. The van der Waals surface area contributed by atoms with E-state index in [9.17, 15) is 19.1 Å². The molecule has 0 unspecified atom stereocenters. The number of carbonyl (C=O) groups is 1. The number of rotatable bonds is 3. The van der Waals surface area contributed by atoms with Gasteiger partial charge >= 0.3 is 0 Å². The van der Waals surface area contributed by atoms with Gasteiger partial charge < -0.3 is 10.0 Å². The van der Waals surface area contributed by atoms with Crippen molar-refractivity contribution in [3.8, 4) is 5.75 Å². The van der Waals surface area contributed by atoms with Crippen LogP contribution in [0.1, 0.15) is 52.0 Å². The molecule has 1 fully saturated rings. The van der Waals surface area contributed by atoms with Gasteiger partial charge in [0, 0.05) is 12.5 Å². The minimum Gasteiger partial charge on any atom is -0.502 e. The summed E-state index contributed by atoms with van der Waals surface area (Å²) in [6.45, 7) is 2.11. The van der Waals surface area contributed by atoms with Crippen molar-refractivity contribution < 1.29 is 18.7 Å². The molecule has 1 aromatic heterocycles. The van der Waals surface area contributed by atoms with Crippen molar-refractivity contribution in [2.24, 2.45) is 0 Å². The molecule has 3 atom stereocenters. The van der Waals surface area contributed by atoms with E-state index in [4.69, 9.17) is 0 Å². The second-order valence-electron chi connectivity index (χ2n) is 8.36. The molecule has 0 saturated carbocycles. The third kappa shape index (κ3) is 3.01. The molecule has 0 bridgehead atoms. The molecule has 6 nitrogen and oxygen atoms in total. The zero-order valence-corrected chi connectivity index (χ0v) is 17.3. The average molecular weight is 437 g/mol. The van der Waals surface area contributed by atoms with Crippen LogP contribution in [0.15, 0.2) is 53.5 Å². The van der Waals surface area contributed by atoms with Crippen LogP contribution in [0.3, 0.4) is 0 Å². The molecule has 1 amide bonds. The number of halogens is 2. The molecule has 8 heteroatoms. The maximum Gasteiger partial charge on any atom is 0.276 e. The Labute approximate surface area is 182 Å². The Hall–Kier alpha value is -3.55. The molecule has 2 aliphatic heterocycles. The Morgan fingerprint density at radius 3 is 2.72 bits per heavy atom. The van der Waals surface area contributed by atoms with Crippen molar-refractivity contribution in [1.82, 2.24) is 14.7 Å². The van der Waals surface area contributed by atoms with Crippen LogP contribution in [-0.4, -0.2) is 38.3 Å². The fraction of sp³-hybridized carbons (Fsp3) is 0.292. The van der Waals surface area contributed by atoms with Crippen LogP contribution in [0.4, 0.5) is 8.78 Å². The molecule has 0 spiro atoms. The predicted octanol–water partition coefficient (Wildman–Crippen LogP) is 3.53. The molecule has 2 aromatic carbocycles. The van der Waals surface area contributed by atoms with E-state index in [1.54, 1.807) is 42.2 Å². The van der Waals surface area contributed by atoms with E-state index < -0.39 is 40.7 Å². The lowest BCUT2D eigenvalue weighted by molar-refractivity contribution is 0.0564. The summed E-state index contributed by atoms with van der Waals surface area (Å²) in [5.74, 6) is -2.75. The van der Waals surface area contributed by atoms with Crippen molar-refractivity contribution >= 4 is 5.91 Å². The van der Waals surface area contributed by atoms with Gasteiger partial charge in [0.25, 0.3) is 5.91 Å². The molecule has 3 aromatic rings. The normalized spacial score (nSPS) is 20.7. The molecule has 1 saturated heterocycles. The highest BCUT2D eigenvalue weighted by Gasteiger charge is 2.48. The lowest BCUT2D eigenvalue weighted by Crippen LogP contribution is -2.51. The van der Waals surface area contributed by atoms with Gasteiger partial charge in [-0.2, -0.15) is 5.10 Å². The number of aromatic hydroxyl groups is 1. The number of aryl methyl sites for hydroxylation is 1. The van der Waals surface area contributed by atoms with Gasteiger partial charge in [-0.1, -0.05) is 30.3 Å². The molecule has 5 rings (SSSR count). The summed E-state index contributed by atoms with van der Waals surface area (Å²) in [6, 6.07) is 9.98. The summed E-state index contributed by atoms with van der Waals surface area (Å²) in [6.07, 6.45) is 2.32. The van der Waals surface area contributed by atoms with Gasteiger partial charge in [0.05, 0.1) is 18.3 Å². The van der Waals surface area contributed by atoms with Crippen molar-refractivity contribution in [3.05, 3.63) is 92.9 Å². The molecular formula is C24H21F2N3O3. The molecule has 164 valence electrons. The molecule has 2 aliphatic rings.